The molecule has 1 fully saturated rings. The van der Waals surface area contributed by atoms with Crippen LogP contribution in [0, 0.1) is 0 Å². The third-order valence-corrected chi connectivity index (χ3v) is 13.4. The number of carboxylic acids is 1. The number of amides is 7. The van der Waals surface area contributed by atoms with Crippen LogP contribution in [0.15, 0.2) is 4.99 Å². The summed E-state index contributed by atoms with van der Waals surface area (Å²) in [5, 5.41) is 45.8. The number of nitrogens with two attached hydrogens (primary N) is 2. The lowest BCUT2D eigenvalue weighted by Crippen LogP contribution is -2.59. The molecule has 0 spiro atoms. The predicted molar refractivity (Wildman–Crippen MR) is 300 cm³/mol. The van der Waals surface area contributed by atoms with E-state index in [9.17, 15) is 48.6 Å². The Hall–Kier alpha value is -5.32. The molecule has 1 heterocycles. The average Bonchev–Trinajstić information content (AvgIpc) is 3.36. The molecule has 15 N–H and O–H groups in total. The number of hydrogen-bond donors (Lipinski definition) is 13. The zero-order chi connectivity index (χ0) is 56.4. The number of unbranched alkanes of at least 4 members (excludes halogenated alkanes) is 12. The number of aliphatic hydroxyl groups excluding tert-OH is 1. The SMILES string of the molecule is CCCCCCCCCCCCCCNC(=S)NCCCC[C@@H]1NC(=O)[C@H](CCCN=C(N)N)NC(=O)[C@@H](NC(C)=O)CCCCNC(=O)CCCCCCC(=O)NCCCC[C@@H](C(=O)N[C@H](C(=O)O)[C@@H](C)O)NC1=O. The highest BCUT2D eigenvalue weighted by Crippen LogP contribution is 2.13. The molecule has 0 aromatic heterocycles. The molecule has 0 aromatic rings. The first kappa shape index (κ1) is 68.7. The molecule has 0 unspecified atom stereocenters. The van der Waals surface area contributed by atoms with E-state index < -0.39 is 71.8 Å². The summed E-state index contributed by atoms with van der Waals surface area (Å²) >= 11 is 5.52. The van der Waals surface area contributed by atoms with E-state index in [0.717, 1.165) is 32.2 Å². The summed E-state index contributed by atoms with van der Waals surface area (Å²) in [6.45, 7) is 6.64. The predicted octanol–water partition coefficient (Wildman–Crippen LogP) is 3.21. The van der Waals surface area contributed by atoms with Gasteiger partial charge in [0.15, 0.2) is 17.1 Å². The standard InChI is InChI=1S/C53H98N12O10S/c1-4-5-6-7-8-9-10-11-12-13-16-22-35-59-53(76)60-36-25-21-28-41-48(71)63-42(50(73)65-46(38(2)66)51(74)75)29-20-24-34-57-45(69)32-18-15-14-17-31-44(68)56-33-23-19-27-40(61-39(3)67)47(70)64-43(49(72)62-41)30-26-37-58-52(54)55/h38,40-43,46,66H,4-37H2,1-3H3,(H,56,68)(H,57,69)(H,61,67)(H,62,72)(H,63,71)(H,64,70)(H,65,73)(H,74,75)(H4,54,55,58)(H2,59,60,76)/t38-,40+,41+,42+,43+,46+/m1/s1. The van der Waals surface area contributed by atoms with Crippen LogP contribution in [0.3, 0.4) is 0 Å². The molecule has 0 aliphatic carbocycles. The van der Waals surface area contributed by atoms with Crippen molar-refractivity contribution >= 4 is 70.6 Å². The van der Waals surface area contributed by atoms with E-state index in [4.69, 9.17) is 23.7 Å². The maximum atomic E-state index is 14.4. The van der Waals surface area contributed by atoms with Gasteiger partial charge in [0, 0.05) is 52.5 Å². The largest absolute Gasteiger partial charge is 0.480 e. The van der Waals surface area contributed by atoms with Crippen LogP contribution in [0.25, 0.3) is 0 Å². The summed E-state index contributed by atoms with van der Waals surface area (Å²) in [6, 6.07) is -6.56. The van der Waals surface area contributed by atoms with Gasteiger partial charge in [-0.3, -0.25) is 38.6 Å². The molecule has 22 nitrogen and oxygen atoms in total. The lowest BCUT2D eigenvalue weighted by Gasteiger charge is -2.27. The Morgan fingerprint density at radius 3 is 1.66 bits per heavy atom. The molecule has 23 heteroatoms. The van der Waals surface area contributed by atoms with Crippen LogP contribution in [-0.4, -0.2) is 138 Å². The zero-order valence-corrected chi connectivity index (χ0v) is 47.0. The Bertz CT molecular complexity index is 1750. The molecule has 0 radical (unpaired) electrons. The third-order valence-electron chi connectivity index (χ3n) is 13.1. The van der Waals surface area contributed by atoms with Crippen molar-refractivity contribution < 1.29 is 48.6 Å². The van der Waals surface area contributed by atoms with E-state index >= 15 is 0 Å². The summed E-state index contributed by atoms with van der Waals surface area (Å²) in [5.74, 6) is -5.43. The smallest absolute Gasteiger partial charge is 0.328 e. The number of hydrogen-bond acceptors (Lipinski definition) is 11. The fraction of sp³-hybridized carbons (Fsp3) is 0.811. The quantitative estimate of drug-likeness (QED) is 0.0243. The van der Waals surface area contributed by atoms with Crippen LogP contribution < -0.4 is 59.3 Å². The van der Waals surface area contributed by atoms with E-state index in [-0.39, 0.29) is 63.0 Å². The second-order valence-corrected chi connectivity index (χ2v) is 20.5. The second kappa shape index (κ2) is 43.7. The Morgan fingerprint density at radius 2 is 1.14 bits per heavy atom. The Balaban J connectivity index is 3.31. The number of rotatable bonds is 27. The highest BCUT2D eigenvalue weighted by atomic mass is 32.1. The fourth-order valence-electron chi connectivity index (χ4n) is 8.69. The number of aliphatic imine (C=N–C) groups is 1. The van der Waals surface area contributed by atoms with E-state index in [1.165, 1.54) is 78.1 Å². The second-order valence-electron chi connectivity index (χ2n) is 20.1. The van der Waals surface area contributed by atoms with Crippen LogP contribution in [0.4, 0.5) is 0 Å². The average molecular weight is 1100 g/mol. The van der Waals surface area contributed by atoms with Gasteiger partial charge in [0.2, 0.25) is 41.4 Å². The van der Waals surface area contributed by atoms with Gasteiger partial charge in [-0.15, -0.1) is 0 Å². The molecule has 1 aliphatic rings. The van der Waals surface area contributed by atoms with E-state index in [2.05, 4.69) is 59.8 Å². The highest BCUT2D eigenvalue weighted by molar-refractivity contribution is 7.80. The van der Waals surface area contributed by atoms with Crippen molar-refractivity contribution in [3.05, 3.63) is 0 Å². The maximum absolute atomic E-state index is 14.4. The molecule has 76 heavy (non-hydrogen) atoms. The van der Waals surface area contributed by atoms with E-state index in [1.807, 2.05) is 0 Å². The van der Waals surface area contributed by atoms with Crippen LogP contribution in [0.2, 0.25) is 0 Å². The number of aliphatic carboxylic acids is 1. The van der Waals surface area contributed by atoms with Crippen molar-refractivity contribution in [2.24, 2.45) is 16.5 Å². The Kier molecular flexibility index (Phi) is 39.5. The molecule has 0 bridgehead atoms. The lowest BCUT2D eigenvalue weighted by molar-refractivity contribution is -0.145. The van der Waals surface area contributed by atoms with Crippen molar-refractivity contribution in [2.45, 2.75) is 243 Å². The topological polar surface area (TPSA) is 350 Å². The molecule has 6 atom stereocenters. The van der Waals surface area contributed by atoms with Gasteiger partial charge in [0.1, 0.15) is 24.2 Å². The van der Waals surface area contributed by atoms with Gasteiger partial charge < -0.3 is 69.5 Å². The van der Waals surface area contributed by atoms with Gasteiger partial charge in [-0.1, -0.05) is 90.4 Å². The van der Waals surface area contributed by atoms with Crippen molar-refractivity contribution in [3.8, 4) is 0 Å². The number of guanidine groups is 1. The molecule has 0 aromatic carbocycles. The molecular formula is C53H98N12O10S. The van der Waals surface area contributed by atoms with Crippen molar-refractivity contribution in [1.29, 1.82) is 0 Å². The molecule has 7 amide bonds. The number of nitrogens with one attached hydrogen (secondary N) is 9. The van der Waals surface area contributed by atoms with Gasteiger partial charge in [-0.2, -0.15) is 0 Å². The van der Waals surface area contributed by atoms with Crippen LogP contribution in [-0.2, 0) is 38.4 Å². The minimum Gasteiger partial charge on any atom is -0.480 e. The number of thiocarbonyl (C=S) groups is 1. The van der Waals surface area contributed by atoms with E-state index in [1.54, 1.807) is 0 Å². The van der Waals surface area contributed by atoms with Gasteiger partial charge in [0.25, 0.3) is 0 Å². The lowest BCUT2D eigenvalue weighted by atomic mass is 10.0. The molecule has 436 valence electrons. The van der Waals surface area contributed by atoms with Crippen molar-refractivity contribution in [3.63, 3.8) is 0 Å². The van der Waals surface area contributed by atoms with Crippen molar-refractivity contribution in [2.75, 3.05) is 32.7 Å². The van der Waals surface area contributed by atoms with E-state index in [0.29, 0.717) is 82.4 Å². The third kappa shape index (κ3) is 35.8. The summed E-state index contributed by atoms with van der Waals surface area (Å²) in [4.78, 5) is 110. The molecule has 1 rings (SSSR count). The number of carbonyl (C=O) groups excluding carboxylic acids is 7. The first-order chi connectivity index (χ1) is 36.4. The Morgan fingerprint density at radius 1 is 0.658 bits per heavy atom. The zero-order valence-electron chi connectivity index (χ0n) is 46.2. The number of carbonyl (C=O) groups is 8. The number of aliphatic hydroxyl groups is 1. The summed E-state index contributed by atoms with van der Waals surface area (Å²) < 4.78 is 0. The maximum Gasteiger partial charge on any atom is 0.328 e. The van der Waals surface area contributed by atoms with Crippen LogP contribution in [0.5, 0.6) is 0 Å². The summed E-state index contributed by atoms with van der Waals surface area (Å²) in [7, 11) is 0. The fourth-order valence-corrected chi connectivity index (χ4v) is 8.90. The van der Waals surface area contributed by atoms with Crippen molar-refractivity contribution in [1.82, 2.24) is 47.9 Å². The van der Waals surface area contributed by atoms with Gasteiger partial charge in [0.05, 0.1) is 6.10 Å². The monoisotopic (exact) mass is 1090 g/mol. The summed E-state index contributed by atoms with van der Waals surface area (Å²) in [6.07, 6.45) is 20.1. The first-order valence-corrected chi connectivity index (χ1v) is 28.9. The molecule has 1 saturated heterocycles. The van der Waals surface area contributed by atoms with Crippen LogP contribution in [0.1, 0.15) is 207 Å². The molecule has 1 aliphatic heterocycles. The van der Waals surface area contributed by atoms with Gasteiger partial charge in [-0.25, -0.2) is 4.79 Å². The molecular weight excluding hydrogens is 997 g/mol. The summed E-state index contributed by atoms with van der Waals surface area (Å²) in [5.41, 5.74) is 11.1. The molecule has 0 saturated carbocycles. The number of carboxylic acid groups (broad SMARTS) is 1. The number of nitrogens with zero attached hydrogens (tertiary/aromatic N) is 1. The van der Waals surface area contributed by atoms with Crippen LogP contribution >= 0.6 is 12.2 Å². The van der Waals surface area contributed by atoms with Gasteiger partial charge in [-0.05, 0) is 109 Å². The van der Waals surface area contributed by atoms with Gasteiger partial charge >= 0.3 is 5.97 Å². The first-order valence-electron chi connectivity index (χ1n) is 28.4. The minimum atomic E-state index is -1.69. The highest BCUT2D eigenvalue weighted by Gasteiger charge is 2.33. The normalized spacial score (nSPS) is 20.3. The Labute approximate surface area is 457 Å². The minimum absolute atomic E-state index is 0.00939.